The number of carbonyl (C=O) groups excluding carboxylic acids is 1. The lowest BCUT2D eigenvalue weighted by Gasteiger charge is -2.55. The first-order valence-electron chi connectivity index (χ1n) is 15.7. The molecule has 44 heavy (non-hydrogen) atoms. The molecule has 2 nitrogen and oxygen atoms in total. The van der Waals surface area contributed by atoms with Gasteiger partial charge in [0.1, 0.15) is 0 Å². The number of rotatable bonds is 7. The second-order valence-electron chi connectivity index (χ2n) is 12.0. The molecule has 0 N–H and O–H groups in total. The average Bonchev–Trinajstić information content (AvgIpc) is 3.30. The van der Waals surface area contributed by atoms with Crippen LogP contribution in [-0.2, 0) is 5.41 Å². The van der Waals surface area contributed by atoms with Gasteiger partial charge in [-0.05, 0) is 58.0 Å². The lowest BCUT2D eigenvalue weighted by atomic mass is 9.52. The molecule has 3 unspecified atom stereocenters. The van der Waals surface area contributed by atoms with Crippen molar-refractivity contribution in [1.82, 2.24) is 0 Å². The lowest BCUT2D eigenvalue weighted by Crippen LogP contribution is -2.63. The van der Waals surface area contributed by atoms with E-state index < -0.39 is 16.9 Å². The zero-order chi connectivity index (χ0) is 30.1. The number of hydrogen-bond acceptors (Lipinski definition) is 2. The molecule has 5 aromatic rings. The highest BCUT2D eigenvalue weighted by molar-refractivity contribution is 6.10. The number of ketones is 1. The Morgan fingerprint density at radius 1 is 0.682 bits per heavy atom. The third kappa shape index (κ3) is 4.12. The Bertz CT molecular complexity index is 1840. The Morgan fingerprint density at radius 3 is 1.86 bits per heavy atom. The van der Waals surface area contributed by atoms with Gasteiger partial charge >= 0.3 is 0 Å². The first kappa shape index (κ1) is 27.9. The fraction of sp³-hybridized carbons (Fsp3) is 0.167. The molecule has 2 aliphatic rings. The van der Waals surface area contributed by atoms with Gasteiger partial charge in [-0.3, -0.25) is 4.79 Å². The Morgan fingerprint density at radius 2 is 1.23 bits per heavy atom. The van der Waals surface area contributed by atoms with Gasteiger partial charge in [-0.1, -0.05) is 153 Å². The number of fused-ring (bicyclic) bond motifs is 1. The zero-order valence-corrected chi connectivity index (χ0v) is 25.4. The second kappa shape index (κ2) is 11.3. The summed E-state index contributed by atoms with van der Waals surface area (Å²) in [7, 11) is 2.21. The number of allylic oxidation sites excluding steroid dienone is 2. The normalized spacial score (nSPS) is 22.3. The summed E-state index contributed by atoms with van der Waals surface area (Å²) >= 11 is 0. The van der Waals surface area contributed by atoms with Crippen molar-refractivity contribution in [2.24, 2.45) is 5.92 Å². The first-order chi connectivity index (χ1) is 21.6. The van der Waals surface area contributed by atoms with Crippen LogP contribution in [-0.4, -0.2) is 18.4 Å². The number of hydrogen-bond donors (Lipinski definition) is 0. The number of anilines is 1. The van der Waals surface area contributed by atoms with Crippen LogP contribution in [0.5, 0.6) is 0 Å². The quantitative estimate of drug-likeness (QED) is 0.181. The molecule has 0 amide bonds. The van der Waals surface area contributed by atoms with Gasteiger partial charge in [-0.15, -0.1) is 0 Å². The maximum absolute atomic E-state index is 15.3. The van der Waals surface area contributed by atoms with Crippen LogP contribution in [0.1, 0.15) is 52.4 Å². The van der Waals surface area contributed by atoms with Crippen molar-refractivity contribution in [3.05, 3.63) is 186 Å². The molecule has 0 saturated carbocycles. The van der Waals surface area contributed by atoms with E-state index in [1.54, 1.807) is 0 Å². The highest BCUT2D eigenvalue weighted by atomic mass is 16.1. The predicted octanol–water partition coefficient (Wildman–Crippen LogP) is 9.64. The van der Waals surface area contributed by atoms with Crippen LogP contribution in [0.4, 0.5) is 5.69 Å². The van der Waals surface area contributed by atoms with Crippen LogP contribution in [0.3, 0.4) is 0 Å². The smallest absolute Gasteiger partial charge is 0.173 e. The standard InChI is InChI=1S/C42H37NO/c1-3-28-41(35-24-14-7-15-25-35)37-26-16-17-27-38(37)43(2)42(41)30-34(31-18-8-4-9-19-31)29-36(32-20-10-5-11-21-32)39(42)40(44)33-22-12-6-13-23-33/h4-27,29-30,39H,3,28H2,1-2H3. The minimum absolute atomic E-state index is 0.139. The molecular weight excluding hydrogens is 534 g/mol. The maximum Gasteiger partial charge on any atom is 0.173 e. The van der Waals surface area contributed by atoms with E-state index in [4.69, 9.17) is 0 Å². The van der Waals surface area contributed by atoms with Crippen molar-refractivity contribution >= 4 is 22.6 Å². The van der Waals surface area contributed by atoms with Gasteiger partial charge in [0.25, 0.3) is 0 Å². The van der Waals surface area contributed by atoms with Crippen molar-refractivity contribution < 1.29 is 4.79 Å². The van der Waals surface area contributed by atoms with Gasteiger partial charge in [0.15, 0.2) is 5.78 Å². The summed E-state index contributed by atoms with van der Waals surface area (Å²) < 4.78 is 0. The number of likely N-dealkylation sites (N-methyl/N-ethyl adjacent to an activating group) is 1. The highest BCUT2D eigenvalue weighted by Crippen LogP contribution is 2.64. The topological polar surface area (TPSA) is 20.3 Å². The SMILES string of the molecule is CCCC1(c2ccccc2)c2ccccc2N(C)C12C=C(c1ccccc1)C=C(c1ccccc1)C2C(=O)c1ccccc1. The Labute approximate surface area is 261 Å². The predicted molar refractivity (Wildman–Crippen MR) is 183 cm³/mol. The number of nitrogens with zero attached hydrogens (tertiary/aromatic N) is 1. The Balaban J connectivity index is 1.65. The second-order valence-corrected chi connectivity index (χ2v) is 12.0. The van der Waals surface area contributed by atoms with Gasteiger partial charge < -0.3 is 4.90 Å². The summed E-state index contributed by atoms with van der Waals surface area (Å²) in [5.41, 5.74) is 7.59. The first-order valence-corrected chi connectivity index (χ1v) is 15.7. The largest absolute Gasteiger partial charge is 0.363 e. The molecule has 1 spiro atoms. The molecular formula is C42H37NO. The van der Waals surface area contributed by atoms with Crippen LogP contribution in [0.15, 0.2) is 158 Å². The van der Waals surface area contributed by atoms with Crippen molar-refractivity contribution in [3.63, 3.8) is 0 Å². The molecule has 0 fully saturated rings. The number of para-hydroxylation sites is 1. The summed E-state index contributed by atoms with van der Waals surface area (Å²) in [6.45, 7) is 2.27. The molecule has 1 aliphatic heterocycles. The third-order valence-electron chi connectivity index (χ3n) is 9.83. The Kier molecular flexibility index (Phi) is 7.14. The van der Waals surface area contributed by atoms with E-state index in [1.807, 2.05) is 36.4 Å². The van der Waals surface area contributed by atoms with Crippen molar-refractivity contribution in [3.8, 4) is 0 Å². The van der Waals surface area contributed by atoms with Crippen molar-refractivity contribution in [1.29, 1.82) is 0 Å². The summed E-state index contributed by atoms with van der Waals surface area (Å²) in [5.74, 6) is -0.343. The summed E-state index contributed by atoms with van der Waals surface area (Å²) in [5, 5.41) is 0. The van der Waals surface area contributed by atoms with E-state index in [1.165, 1.54) is 16.8 Å². The van der Waals surface area contributed by atoms with Gasteiger partial charge in [-0.2, -0.15) is 0 Å². The molecule has 0 radical (unpaired) electrons. The maximum atomic E-state index is 15.3. The fourth-order valence-corrected chi connectivity index (χ4v) is 8.09. The summed E-state index contributed by atoms with van der Waals surface area (Å²) in [4.78, 5) is 17.8. The van der Waals surface area contributed by atoms with E-state index in [0.717, 1.165) is 40.7 Å². The van der Waals surface area contributed by atoms with Crippen LogP contribution >= 0.6 is 0 Å². The van der Waals surface area contributed by atoms with Crippen molar-refractivity contribution in [2.45, 2.75) is 30.7 Å². The molecule has 0 bridgehead atoms. The van der Waals surface area contributed by atoms with E-state index in [0.29, 0.717) is 0 Å². The minimum Gasteiger partial charge on any atom is -0.363 e. The molecule has 2 heteroatoms. The van der Waals surface area contributed by atoms with Gasteiger partial charge in [-0.25, -0.2) is 0 Å². The van der Waals surface area contributed by atoms with E-state index >= 15 is 4.79 Å². The van der Waals surface area contributed by atoms with E-state index in [-0.39, 0.29) is 5.78 Å². The van der Waals surface area contributed by atoms with Crippen LogP contribution < -0.4 is 4.90 Å². The van der Waals surface area contributed by atoms with E-state index in [2.05, 4.69) is 140 Å². The number of benzene rings is 5. The summed E-state index contributed by atoms with van der Waals surface area (Å²) in [6.07, 6.45) is 6.57. The minimum atomic E-state index is -0.744. The molecule has 1 heterocycles. The molecule has 1 aliphatic carbocycles. The van der Waals surface area contributed by atoms with Crippen molar-refractivity contribution in [2.75, 3.05) is 11.9 Å². The highest BCUT2D eigenvalue weighted by Gasteiger charge is 2.66. The molecule has 3 atom stereocenters. The summed E-state index contributed by atoms with van der Waals surface area (Å²) in [6, 6.07) is 50.8. The third-order valence-corrected chi connectivity index (χ3v) is 9.83. The molecule has 216 valence electrons. The Hall–Kier alpha value is -4.95. The fourth-order valence-electron chi connectivity index (χ4n) is 8.09. The number of carbonyl (C=O) groups is 1. The molecule has 0 aromatic heterocycles. The average molecular weight is 572 g/mol. The number of Topliss-reactive ketones (excluding diaryl/α,β-unsaturated/α-hetero) is 1. The zero-order valence-electron chi connectivity index (χ0n) is 25.4. The van der Waals surface area contributed by atoms with Crippen LogP contribution in [0, 0.1) is 5.92 Å². The van der Waals surface area contributed by atoms with Gasteiger partial charge in [0.2, 0.25) is 0 Å². The van der Waals surface area contributed by atoms with Gasteiger partial charge in [0, 0.05) is 18.3 Å². The van der Waals surface area contributed by atoms with E-state index in [9.17, 15) is 0 Å². The van der Waals surface area contributed by atoms with Crippen LogP contribution in [0.25, 0.3) is 11.1 Å². The molecule has 7 rings (SSSR count). The van der Waals surface area contributed by atoms with Crippen LogP contribution in [0.2, 0.25) is 0 Å². The monoisotopic (exact) mass is 571 g/mol. The van der Waals surface area contributed by atoms with Gasteiger partial charge in [0.05, 0.1) is 16.9 Å². The lowest BCUT2D eigenvalue weighted by molar-refractivity contribution is 0.0883. The molecule has 0 saturated heterocycles. The molecule has 5 aromatic carbocycles.